The first-order chi connectivity index (χ1) is 7.65. The third-order valence-electron chi connectivity index (χ3n) is 2.98. The number of hydrogen-bond acceptors (Lipinski definition) is 2. The minimum Gasteiger partial charge on any atom is -0.384 e. The van der Waals surface area contributed by atoms with Crippen molar-refractivity contribution >= 4 is 0 Å². The monoisotopic (exact) mass is 221 g/mol. The molecule has 0 amide bonds. The molecule has 1 aromatic carbocycles. The van der Waals surface area contributed by atoms with Crippen molar-refractivity contribution in [1.82, 2.24) is 5.32 Å². The third-order valence-corrected chi connectivity index (χ3v) is 2.98. The van der Waals surface area contributed by atoms with E-state index in [4.69, 9.17) is 4.74 Å². The summed E-state index contributed by atoms with van der Waals surface area (Å²) in [5.41, 5.74) is 4.16. The van der Waals surface area contributed by atoms with Crippen molar-refractivity contribution in [3.63, 3.8) is 0 Å². The molecule has 0 aliphatic carbocycles. The molecule has 0 heterocycles. The van der Waals surface area contributed by atoms with E-state index < -0.39 is 0 Å². The van der Waals surface area contributed by atoms with Crippen LogP contribution in [0.4, 0.5) is 0 Å². The van der Waals surface area contributed by atoms with Crippen molar-refractivity contribution in [2.45, 2.75) is 27.3 Å². The Kier molecular flexibility index (Phi) is 5.50. The van der Waals surface area contributed by atoms with Gasteiger partial charge in [0.25, 0.3) is 0 Å². The number of hydrogen-bond donors (Lipinski definition) is 1. The number of benzene rings is 1. The van der Waals surface area contributed by atoms with Crippen molar-refractivity contribution in [2.75, 3.05) is 20.3 Å². The van der Waals surface area contributed by atoms with Gasteiger partial charge in [-0.3, -0.25) is 0 Å². The van der Waals surface area contributed by atoms with Crippen LogP contribution in [0.1, 0.15) is 23.6 Å². The fourth-order valence-corrected chi connectivity index (χ4v) is 1.80. The highest BCUT2D eigenvalue weighted by atomic mass is 16.5. The highest BCUT2D eigenvalue weighted by Gasteiger charge is 2.03. The van der Waals surface area contributed by atoms with E-state index in [1.54, 1.807) is 7.11 Å². The second-order valence-corrected chi connectivity index (χ2v) is 4.55. The van der Waals surface area contributed by atoms with Gasteiger partial charge in [0.1, 0.15) is 0 Å². The molecular weight excluding hydrogens is 198 g/mol. The molecule has 0 aromatic heterocycles. The minimum atomic E-state index is 0.565. The zero-order valence-electron chi connectivity index (χ0n) is 10.8. The second kappa shape index (κ2) is 6.66. The largest absolute Gasteiger partial charge is 0.384 e. The first-order valence-electron chi connectivity index (χ1n) is 5.90. The Bertz CT molecular complexity index is 323. The van der Waals surface area contributed by atoms with Crippen molar-refractivity contribution in [2.24, 2.45) is 5.92 Å². The molecule has 1 N–H and O–H groups in total. The fraction of sp³-hybridized carbons (Fsp3) is 0.571. The van der Waals surface area contributed by atoms with Crippen LogP contribution in [0.3, 0.4) is 0 Å². The molecule has 90 valence electrons. The molecule has 0 bridgehead atoms. The Hall–Kier alpha value is -0.860. The lowest BCUT2D eigenvalue weighted by molar-refractivity contribution is 0.158. The normalized spacial score (nSPS) is 12.8. The topological polar surface area (TPSA) is 21.3 Å². The van der Waals surface area contributed by atoms with Gasteiger partial charge in [-0.15, -0.1) is 0 Å². The van der Waals surface area contributed by atoms with Gasteiger partial charge in [0.15, 0.2) is 0 Å². The summed E-state index contributed by atoms with van der Waals surface area (Å²) in [5.74, 6) is 0.565. The highest BCUT2D eigenvalue weighted by Crippen LogP contribution is 2.12. The van der Waals surface area contributed by atoms with Gasteiger partial charge < -0.3 is 10.1 Å². The number of rotatable bonds is 6. The average molecular weight is 221 g/mol. The van der Waals surface area contributed by atoms with Crippen molar-refractivity contribution < 1.29 is 4.74 Å². The zero-order valence-corrected chi connectivity index (χ0v) is 10.8. The lowest BCUT2D eigenvalue weighted by Crippen LogP contribution is -2.23. The molecule has 16 heavy (non-hydrogen) atoms. The van der Waals surface area contributed by atoms with Crippen molar-refractivity contribution in [1.29, 1.82) is 0 Å². The molecule has 1 aromatic rings. The molecule has 2 nitrogen and oxygen atoms in total. The quantitative estimate of drug-likeness (QED) is 0.797. The van der Waals surface area contributed by atoms with Gasteiger partial charge in [-0.1, -0.05) is 25.1 Å². The van der Waals surface area contributed by atoms with Gasteiger partial charge in [0.2, 0.25) is 0 Å². The predicted molar refractivity (Wildman–Crippen MR) is 68.7 cm³/mol. The molecule has 2 heteroatoms. The zero-order chi connectivity index (χ0) is 12.0. The first kappa shape index (κ1) is 13.2. The molecule has 1 unspecified atom stereocenters. The Morgan fingerprint density at radius 3 is 2.75 bits per heavy atom. The van der Waals surface area contributed by atoms with E-state index in [0.717, 1.165) is 19.7 Å². The van der Waals surface area contributed by atoms with E-state index in [1.165, 1.54) is 16.7 Å². The molecule has 0 aliphatic heterocycles. The molecule has 1 atom stereocenters. The summed E-state index contributed by atoms with van der Waals surface area (Å²) >= 11 is 0. The van der Waals surface area contributed by atoms with Gasteiger partial charge in [-0.25, -0.2) is 0 Å². The maximum atomic E-state index is 5.11. The van der Waals surface area contributed by atoms with Crippen LogP contribution in [0, 0.1) is 19.8 Å². The summed E-state index contributed by atoms with van der Waals surface area (Å²) in [4.78, 5) is 0. The number of aryl methyl sites for hydroxylation is 1. The maximum Gasteiger partial charge on any atom is 0.0499 e. The molecule has 0 saturated carbocycles. The summed E-state index contributed by atoms with van der Waals surface area (Å²) < 4.78 is 5.11. The van der Waals surface area contributed by atoms with Crippen LogP contribution in [0.2, 0.25) is 0 Å². The summed E-state index contributed by atoms with van der Waals surface area (Å²) in [6.07, 6.45) is 0. The average Bonchev–Trinajstić information content (AvgIpc) is 2.25. The SMILES string of the molecule is COCC(C)CNCc1cccc(C)c1C. The van der Waals surface area contributed by atoms with E-state index in [-0.39, 0.29) is 0 Å². The van der Waals surface area contributed by atoms with Crippen LogP contribution in [-0.4, -0.2) is 20.3 Å². The van der Waals surface area contributed by atoms with Crippen LogP contribution < -0.4 is 5.32 Å². The Morgan fingerprint density at radius 1 is 1.31 bits per heavy atom. The van der Waals surface area contributed by atoms with Crippen LogP contribution in [0.25, 0.3) is 0 Å². The number of ether oxygens (including phenoxy) is 1. The number of methoxy groups -OCH3 is 1. The van der Waals surface area contributed by atoms with Gasteiger partial charge in [0, 0.05) is 26.8 Å². The van der Waals surface area contributed by atoms with E-state index in [1.807, 2.05) is 0 Å². The lowest BCUT2D eigenvalue weighted by atomic mass is 10.0. The van der Waals surface area contributed by atoms with Crippen LogP contribution in [0.15, 0.2) is 18.2 Å². The molecule has 0 fully saturated rings. The van der Waals surface area contributed by atoms with Gasteiger partial charge >= 0.3 is 0 Å². The Labute approximate surface area is 99.0 Å². The predicted octanol–water partition coefficient (Wildman–Crippen LogP) is 2.68. The van der Waals surface area contributed by atoms with Gasteiger partial charge in [0.05, 0.1) is 0 Å². The molecule has 1 rings (SSSR count). The third kappa shape index (κ3) is 3.95. The highest BCUT2D eigenvalue weighted by molar-refractivity contribution is 5.32. The molecule has 0 saturated heterocycles. The van der Waals surface area contributed by atoms with Crippen molar-refractivity contribution in [3.05, 3.63) is 34.9 Å². The van der Waals surface area contributed by atoms with E-state index in [9.17, 15) is 0 Å². The van der Waals surface area contributed by atoms with E-state index in [2.05, 4.69) is 44.3 Å². The smallest absolute Gasteiger partial charge is 0.0499 e. The summed E-state index contributed by atoms with van der Waals surface area (Å²) in [7, 11) is 1.75. The second-order valence-electron chi connectivity index (χ2n) is 4.55. The van der Waals surface area contributed by atoms with Crippen LogP contribution >= 0.6 is 0 Å². The molecule has 0 radical (unpaired) electrons. The van der Waals surface area contributed by atoms with Gasteiger partial charge in [-0.2, -0.15) is 0 Å². The van der Waals surface area contributed by atoms with Gasteiger partial charge in [-0.05, 0) is 36.5 Å². The fourth-order valence-electron chi connectivity index (χ4n) is 1.80. The summed E-state index contributed by atoms with van der Waals surface area (Å²) in [6, 6.07) is 6.47. The molecular formula is C14H23NO. The van der Waals surface area contributed by atoms with Crippen LogP contribution in [-0.2, 0) is 11.3 Å². The molecule has 0 spiro atoms. The number of nitrogens with one attached hydrogen (secondary N) is 1. The maximum absolute atomic E-state index is 5.11. The Morgan fingerprint density at radius 2 is 2.06 bits per heavy atom. The minimum absolute atomic E-state index is 0.565. The van der Waals surface area contributed by atoms with E-state index >= 15 is 0 Å². The first-order valence-corrected chi connectivity index (χ1v) is 5.90. The van der Waals surface area contributed by atoms with E-state index in [0.29, 0.717) is 5.92 Å². The lowest BCUT2D eigenvalue weighted by Gasteiger charge is -2.13. The standard InChI is InChI=1S/C14H23NO/c1-11(10-16-4)8-15-9-14-7-5-6-12(2)13(14)3/h5-7,11,15H,8-10H2,1-4H3. The van der Waals surface area contributed by atoms with Crippen LogP contribution in [0.5, 0.6) is 0 Å². The summed E-state index contributed by atoms with van der Waals surface area (Å²) in [5, 5.41) is 3.47. The van der Waals surface area contributed by atoms with Crippen molar-refractivity contribution in [3.8, 4) is 0 Å². The Balaban J connectivity index is 2.40. The summed E-state index contributed by atoms with van der Waals surface area (Å²) in [6.45, 7) is 9.31. The molecule has 0 aliphatic rings.